The fourth-order valence-electron chi connectivity index (χ4n) is 1.38. The van der Waals surface area contributed by atoms with E-state index >= 15 is 0 Å². The number of hydrogen-bond acceptors (Lipinski definition) is 3. The lowest BCUT2D eigenvalue weighted by molar-refractivity contribution is 0.548. The first kappa shape index (κ1) is 11.9. The second kappa shape index (κ2) is 9.40. The average molecular weight is 198 g/mol. The molecule has 2 radical (unpaired) electrons. The first-order valence-electron chi connectivity index (χ1n) is 5.60. The van der Waals surface area contributed by atoms with Gasteiger partial charge in [-0.1, -0.05) is 0 Å². The van der Waals surface area contributed by atoms with E-state index < -0.39 is 0 Å². The van der Waals surface area contributed by atoms with Crippen molar-refractivity contribution in [2.75, 3.05) is 45.8 Å². The molecule has 1 heterocycles. The molecule has 0 aromatic rings. The van der Waals surface area contributed by atoms with Gasteiger partial charge in [0.15, 0.2) is 0 Å². The molecule has 0 unspecified atom stereocenters. The topological polar surface area (TPSA) is 50.2 Å². The number of nitrogens with one attached hydrogen (secondary N) is 3. The van der Waals surface area contributed by atoms with Crippen LogP contribution in [0.3, 0.4) is 0 Å². The van der Waals surface area contributed by atoms with Gasteiger partial charge in [0.25, 0.3) is 0 Å². The van der Waals surface area contributed by atoms with Crippen molar-refractivity contribution in [1.29, 1.82) is 0 Å². The molecule has 0 spiro atoms. The van der Waals surface area contributed by atoms with Crippen molar-refractivity contribution in [3.05, 3.63) is 6.54 Å². The Kier molecular flexibility index (Phi) is 8.00. The molecule has 14 heavy (non-hydrogen) atoms. The molecule has 0 atom stereocenters. The molecule has 3 N–H and O–H groups in total. The van der Waals surface area contributed by atoms with Crippen LogP contribution in [-0.4, -0.2) is 45.8 Å². The summed E-state index contributed by atoms with van der Waals surface area (Å²) in [5.74, 6) is 0. The van der Waals surface area contributed by atoms with Crippen molar-refractivity contribution in [3.63, 3.8) is 0 Å². The highest BCUT2D eigenvalue weighted by atomic mass is 15.0. The summed E-state index contributed by atoms with van der Waals surface area (Å²) in [5, 5.41) is 14.4. The summed E-state index contributed by atoms with van der Waals surface area (Å²) in [6.07, 6.45) is 2.32. The van der Waals surface area contributed by atoms with E-state index in [-0.39, 0.29) is 0 Å². The Balaban J connectivity index is 2.00. The van der Waals surface area contributed by atoms with E-state index in [2.05, 4.69) is 21.3 Å². The molecule has 0 aromatic heterocycles. The van der Waals surface area contributed by atoms with E-state index in [0.717, 1.165) is 52.2 Å². The third-order valence-corrected chi connectivity index (χ3v) is 2.19. The summed E-state index contributed by atoms with van der Waals surface area (Å²) >= 11 is 0. The second-order valence-electron chi connectivity index (χ2n) is 3.50. The fourth-order valence-corrected chi connectivity index (χ4v) is 1.38. The fraction of sp³-hybridized carbons (Fsp3) is 0.900. The number of rotatable bonds is 0. The number of nitrogens with zero attached hydrogens (tertiary/aromatic N) is 1. The Morgan fingerprint density at radius 3 is 2.36 bits per heavy atom. The molecular formula is C10H22N4. The Hall–Kier alpha value is -0.160. The van der Waals surface area contributed by atoms with Crippen LogP contribution in [0.5, 0.6) is 0 Å². The van der Waals surface area contributed by atoms with Gasteiger partial charge in [0.2, 0.25) is 0 Å². The van der Waals surface area contributed by atoms with Crippen LogP contribution in [-0.2, 0) is 0 Å². The van der Waals surface area contributed by atoms with Crippen LogP contribution < -0.4 is 21.3 Å². The van der Waals surface area contributed by atoms with E-state index in [0.29, 0.717) is 0 Å². The first-order chi connectivity index (χ1) is 7.00. The molecule has 0 saturated carbocycles. The molecule has 1 saturated heterocycles. The van der Waals surface area contributed by atoms with Crippen LogP contribution in [0.25, 0.3) is 0 Å². The van der Waals surface area contributed by atoms with Gasteiger partial charge < -0.3 is 16.0 Å². The van der Waals surface area contributed by atoms with Crippen molar-refractivity contribution in [2.24, 2.45) is 0 Å². The molecule has 4 heteroatoms. The molecule has 1 aliphatic rings. The summed E-state index contributed by atoms with van der Waals surface area (Å²) in [6, 6.07) is 0. The van der Waals surface area contributed by atoms with Crippen molar-refractivity contribution in [3.8, 4) is 0 Å². The van der Waals surface area contributed by atoms with E-state index in [1.165, 1.54) is 6.42 Å². The molecule has 1 aliphatic heterocycles. The highest BCUT2D eigenvalue weighted by molar-refractivity contribution is 4.66. The smallest absolute Gasteiger partial charge is 0.0552 e. The maximum absolute atomic E-state index is 4.32. The minimum absolute atomic E-state index is 0.910. The lowest BCUT2D eigenvalue weighted by Gasteiger charge is -2.09. The molecule has 0 aromatic carbocycles. The van der Waals surface area contributed by atoms with Crippen molar-refractivity contribution in [1.82, 2.24) is 21.3 Å². The van der Waals surface area contributed by atoms with E-state index in [4.69, 9.17) is 0 Å². The lowest BCUT2D eigenvalue weighted by Crippen LogP contribution is -2.31. The Bertz CT molecular complexity index is 65.4. The van der Waals surface area contributed by atoms with E-state index in [1.807, 2.05) is 6.54 Å². The van der Waals surface area contributed by atoms with Gasteiger partial charge in [-0.15, -0.1) is 0 Å². The van der Waals surface area contributed by atoms with Crippen LogP contribution in [0, 0.1) is 6.54 Å². The van der Waals surface area contributed by atoms with Gasteiger partial charge in [-0.2, -0.15) is 0 Å². The third kappa shape index (κ3) is 7.26. The van der Waals surface area contributed by atoms with Crippen LogP contribution in [0.4, 0.5) is 0 Å². The largest absolute Gasteiger partial charge is 0.315 e. The molecule has 1 rings (SSSR count). The molecule has 0 amide bonds. The van der Waals surface area contributed by atoms with Gasteiger partial charge in [-0.3, -0.25) is 0 Å². The summed E-state index contributed by atoms with van der Waals surface area (Å²) in [5.41, 5.74) is 0. The van der Waals surface area contributed by atoms with Gasteiger partial charge in [0.05, 0.1) is 6.54 Å². The normalized spacial score (nSPS) is 24.0. The molecular weight excluding hydrogens is 176 g/mol. The Labute approximate surface area is 87.2 Å². The summed E-state index contributed by atoms with van der Waals surface area (Å²) in [6.45, 7) is 9.24. The third-order valence-electron chi connectivity index (χ3n) is 2.19. The summed E-state index contributed by atoms with van der Waals surface area (Å²) in [4.78, 5) is 0. The molecule has 4 nitrogen and oxygen atoms in total. The minimum atomic E-state index is 0.910. The van der Waals surface area contributed by atoms with Gasteiger partial charge in [0, 0.05) is 26.2 Å². The maximum atomic E-state index is 4.32. The van der Waals surface area contributed by atoms with Crippen LogP contribution >= 0.6 is 0 Å². The van der Waals surface area contributed by atoms with Gasteiger partial charge in [0.1, 0.15) is 0 Å². The highest BCUT2D eigenvalue weighted by Crippen LogP contribution is 1.80. The Morgan fingerprint density at radius 1 is 0.786 bits per heavy atom. The maximum Gasteiger partial charge on any atom is 0.0552 e. The van der Waals surface area contributed by atoms with Crippen molar-refractivity contribution in [2.45, 2.75) is 12.8 Å². The van der Waals surface area contributed by atoms with Crippen LogP contribution in [0.15, 0.2) is 0 Å². The van der Waals surface area contributed by atoms with E-state index in [1.54, 1.807) is 0 Å². The predicted molar refractivity (Wildman–Crippen MR) is 59.1 cm³/mol. The van der Waals surface area contributed by atoms with Gasteiger partial charge in [-0.05, 0) is 32.5 Å². The Morgan fingerprint density at radius 2 is 1.50 bits per heavy atom. The zero-order chi connectivity index (χ0) is 9.90. The lowest BCUT2D eigenvalue weighted by atomic mass is 10.3. The molecule has 1 fully saturated rings. The SMILES string of the molecule is [CH]1CNCCCNCCNCCC[N]1. The standard InChI is InChI=1S/C10H22N4/c1-3-11-7-9-13-5-2-6-14-10-8-12-4-1/h7,12-14H,1-6,8-10H2. The zero-order valence-corrected chi connectivity index (χ0v) is 8.89. The average Bonchev–Trinajstić information content (AvgIpc) is 2.22. The second-order valence-corrected chi connectivity index (χ2v) is 3.50. The highest BCUT2D eigenvalue weighted by Gasteiger charge is 1.94. The zero-order valence-electron chi connectivity index (χ0n) is 8.89. The van der Waals surface area contributed by atoms with Crippen LogP contribution in [0.2, 0.25) is 0 Å². The minimum Gasteiger partial charge on any atom is -0.315 e. The summed E-state index contributed by atoms with van der Waals surface area (Å²) < 4.78 is 0. The van der Waals surface area contributed by atoms with Gasteiger partial charge >= 0.3 is 0 Å². The van der Waals surface area contributed by atoms with Gasteiger partial charge in [-0.25, -0.2) is 5.32 Å². The molecule has 0 bridgehead atoms. The molecule has 0 aliphatic carbocycles. The number of hydrogen-bond donors (Lipinski definition) is 3. The van der Waals surface area contributed by atoms with E-state index in [9.17, 15) is 0 Å². The first-order valence-corrected chi connectivity index (χ1v) is 5.60. The van der Waals surface area contributed by atoms with Crippen molar-refractivity contribution < 1.29 is 0 Å². The van der Waals surface area contributed by atoms with Crippen molar-refractivity contribution >= 4 is 0 Å². The summed E-state index contributed by atoms with van der Waals surface area (Å²) in [7, 11) is 0. The quantitative estimate of drug-likeness (QED) is 0.483. The molecule has 82 valence electrons. The monoisotopic (exact) mass is 198 g/mol. The predicted octanol–water partition coefficient (Wildman–Crippen LogP) is -0.685. The van der Waals surface area contributed by atoms with Crippen LogP contribution in [0.1, 0.15) is 12.8 Å².